The van der Waals surface area contributed by atoms with E-state index in [4.69, 9.17) is 27.7 Å². The van der Waals surface area contributed by atoms with Crippen LogP contribution in [0.1, 0.15) is 43.0 Å². The van der Waals surface area contributed by atoms with Gasteiger partial charge < -0.3 is 15.8 Å². The van der Waals surface area contributed by atoms with Crippen LogP contribution in [-0.4, -0.2) is 29.7 Å². The highest BCUT2D eigenvalue weighted by Crippen LogP contribution is 2.31. The lowest BCUT2D eigenvalue weighted by molar-refractivity contribution is 0.0300. The first-order chi connectivity index (χ1) is 10.1. The van der Waals surface area contributed by atoms with Gasteiger partial charge >= 0.3 is 0 Å². The molecule has 1 saturated heterocycles. The van der Waals surface area contributed by atoms with E-state index in [2.05, 4.69) is 18.3 Å². The summed E-state index contributed by atoms with van der Waals surface area (Å²) in [5.74, 6) is 0.857. The summed E-state index contributed by atoms with van der Waals surface area (Å²) in [7, 11) is 0. The molecule has 5 heteroatoms. The van der Waals surface area contributed by atoms with Gasteiger partial charge in [-0.1, -0.05) is 19.1 Å². The molecule has 1 aromatic heterocycles. The molecule has 2 heterocycles. The summed E-state index contributed by atoms with van der Waals surface area (Å²) in [5, 5.41) is 3.50. The third kappa shape index (κ3) is 3.19. The van der Waals surface area contributed by atoms with Gasteiger partial charge in [0.2, 0.25) is 0 Å². The van der Waals surface area contributed by atoms with Gasteiger partial charge in [-0.05, 0) is 49.1 Å². The average molecular weight is 305 g/mol. The monoisotopic (exact) mass is 305 g/mol. The molecule has 0 spiro atoms. The second-order valence-electron chi connectivity index (χ2n) is 6.48. The third-order valence-electron chi connectivity index (χ3n) is 4.70. The van der Waals surface area contributed by atoms with Gasteiger partial charge in [0.1, 0.15) is 10.8 Å². The van der Waals surface area contributed by atoms with Crippen molar-refractivity contribution in [1.82, 2.24) is 4.98 Å². The van der Waals surface area contributed by atoms with Crippen molar-refractivity contribution in [1.29, 1.82) is 0 Å². The molecule has 3 N–H and O–H groups in total. The second kappa shape index (κ2) is 5.89. The second-order valence-corrected chi connectivity index (χ2v) is 6.92. The van der Waals surface area contributed by atoms with Crippen LogP contribution in [-0.2, 0) is 17.6 Å². The van der Waals surface area contributed by atoms with Crippen molar-refractivity contribution in [2.45, 2.75) is 39.0 Å². The molecular formula is C16H23N3OS. The number of thiocarbonyl (C=S) groups is 1. The Labute approximate surface area is 131 Å². The average Bonchev–Trinajstić information content (AvgIpc) is 2.92. The first-order valence-corrected chi connectivity index (χ1v) is 8.12. The van der Waals surface area contributed by atoms with Gasteiger partial charge in [-0.25, -0.2) is 4.98 Å². The lowest BCUT2D eigenvalue weighted by Gasteiger charge is -2.34. The molecule has 0 saturated carbocycles. The van der Waals surface area contributed by atoms with Crippen molar-refractivity contribution < 1.29 is 4.74 Å². The number of rotatable bonds is 4. The molecule has 0 atom stereocenters. The lowest BCUT2D eigenvalue weighted by atomic mass is 9.82. The predicted octanol–water partition coefficient (Wildman–Crippen LogP) is 2.43. The predicted molar refractivity (Wildman–Crippen MR) is 88.8 cm³/mol. The summed E-state index contributed by atoms with van der Waals surface area (Å²) in [6.45, 7) is 4.88. The van der Waals surface area contributed by atoms with Crippen LogP contribution in [0.4, 0.5) is 5.82 Å². The van der Waals surface area contributed by atoms with Gasteiger partial charge in [-0.2, -0.15) is 0 Å². The Morgan fingerprint density at radius 2 is 2.19 bits per heavy atom. The normalized spacial score (nSPS) is 20.0. The van der Waals surface area contributed by atoms with Crippen molar-refractivity contribution in [2.24, 2.45) is 11.1 Å². The summed E-state index contributed by atoms with van der Waals surface area (Å²) < 4.78 is 5.46. The van der Waals surface area contributed by atoms with E-state index in [1.54, 1.807) is 0 Å². The largest absolute Gasteiger partial charge is 0.389 e. The molecular weight excluding hydrogens is 282 g/mol. The summed E-state index contributed by atoms with van der Waals surface area (Å²) in [5.41, 5.74) is 9.54. The Bertz CT molecular complexity index is 553. The number of ether oxygens (including phenoxy) is 1. The zero-order valence-corrected chi connectivity index (χ0v) is 13.4. The molecule has 0 unspecified atom stereocenters. The Kier molecular flexibility index (Phi) is 4.13. The first kappa shape index (κ1) is 14.7. The smallest absolute Gasteiger partial charge is 0.136 e. The molecule has 21 heavy (non-hydrogen) atoms. The van der Waals surface area contributed by atoms with E-state index in [0.29, 0.717) is 4.99 Å². The highest BCUT2D eigenvalue weighted by atomic mass is 32.1. The van der Waals surface area contributed by atoms with Crippen LogP contribution >= 0.6 is 12.2 Å². The maximum atomic E-state index is 5.88. The number of nitrogens with two attached hydrogens (primary N) is 1. The third-order valence-corrected chi connectivity index (χ3v) is 4.92. The number of anilines is 1. The Balaban J connectivity index is 1.79. The Morgan fingerprint density at radius 3 is 2.90 bits per heavy atom. The number of aromatic nitrogens is 1. The van der Waals surface area contributed by atoms with Gasteiger partial charge in [0.05, 0.1) is 5.56 Å². The topological polar surface area (TPSA) is 60.2 Å². The molecule has 0 aromatic carbocycles. The van der Waals surface area contributed by atoms with Gasteiger partial charge in [0.25, 0.3) is 0 Å². The van der Waals surface area contributed by atoms with Gasteiger partial charge in [-0.3, -0.25) is 0 Å². The van der Waals surface area contributed by atoms with E-state index in [0.717, 1.165) is 56.8 Å². The molecule has 0 radical (unpaired) electrons. The molecule has 4 nitrogen and oxygen atoms in total. The van der Waals surface area contributed by atoms with Crippen molar-refractivity contribution in [3.63, 3.8) is 0 Å². The Hall–Kier alpha value is -1.20. The number of aryl methyl sites for hydroxylation is 2. The number of nitrogens with zero attached hydrogens (tertiary/aromatic N) is 1. The summed E-state index contributed by atoms with van der Waals surface area (Å²) in [6.07, 6.45) is 5.48. The van der Waals surface area contributed by atoms with Crippen LogP contribution in [0, 0.1) is 5.41 Å². The number of hydrogen-bond acceptors (Lipinski definition) is 4. The van der Waals surface area contributed by atoms with E-state index in [1.807, 2.05) is 0 Å². The van der Waals surface area contributed by atoms with Crippen LogP contribution in [0.2, 0.25) is 0 Å². The van der Waals surface area contributed by atoms with Gasteiger partial charge in [-0.15, -0.1) is 0 Å². The van der Waals surface area contributed by atoms with Crippen molar-refractivity contribution in [3.8, 4) is 0 Å². The fraction of sp³-hybridized carbons (Fsp3) is 0.625. The molecule has 1 fully saturated rings. The van der Waals surface area contributed by atoms with Crippen LogP contribution < -0.4 is 11.1 Å². The van der Waals surface area contributed by atoms with Gasteiger partial charge in [0, 0.05) is 25.5 Å². The molecule has 0 bridgehead atoms. The van der Waals surface area contributed by atoms with E-state index in [-0.39, 0.29) is 5.41 Å². The molecule has 1 aliphatic carbocycles. The standard InChI is InChI=1S/C16H23N3OS/c1-16(5-7-20-8-6-16)10-18-15-12(14(17)21)9-11-3-2-4-13(11)19-15/h9H,2-8,10H2,1H3,(H2,17,21)(H,18,19). The highest BCUT2D eigenvalue weighted by molar-refractivity contribution is 7.80. The minimum Gasteiger partial charge on any atom is -0.389 e. The number of pyridine rings is 1. The van der Waals surface area contributed by atoms with Crippen molar-refractivity contribution >= 4 is 23.0 Å². The lowest BCUT2D eigenvalue weighted by Crippen LogP contribution is -2.34. The molecule has 3 rings (SSSR count). The minimum atomic E-state index is 0.256. The van der Waals surface area contributed by atoms with Crippen LogP contribution in [0.25, 0.3) is 0 Å². The van der Waals surface area contributed by atoms with E-state index in [9.17, 15) is 0 Å². The first-order valence-electron chi connectivity index (χ1n) is 7.72. The Morgan fingerprint density at radius 1 is 1.43 bits per heavy atom. The highest BCUT2D eigenvalue weighted by Gasteiger charge is 2.28. The fourth-order valence-corrected chi connectivity index (χ4v) is 3.29. The van der Waals surface area contributed by atoms with Gasteiger partial charge in [0.15, 0.2) is 0 Å². The quantitative estimate of drug-likeness (QED) is 0.837. The number of hydrogen-bond donors (Lipinski definition) is 2. The summed E-state index contributed by atoms with van der Waals surface area (Å²) in [6, 6.07) is 2.13. The van der Waals surface area contributed by atoms with Crippen LogP contribution in [0.5, 0.6) is 0 Å². The maximum Gasteiger partial charge on any atom is 0.136 e. The van der Waals surface area contributed by atoms with Crippen LogP contribution in [0.3, 0.4) is 0 Å². The minimum absolute atomic E-state index is 0.256. The molecule has 2 aliphatic rings. The fourth-order valence-electron chi connectivity index (χ4n) is 3.13. The number of nitrogens with one attached hydrogen (secondary N) is 1. The maximum absolute atomic E-state index is 5.88. The molecule has 114 valence electrons. The molecule has 1 aromatic rings. The van der Waals surface area contributed by atoms with Crippen LogP contribution in [0.15, 0.2) is 6.07 Å². The van der Waals surface area contributed by atoms with E-state index < -0.39 is 0 Å². The van der Waals surface area contributed by atoms with E-state index >= 15 is 0 Å². The van der Waals surface area contributed by atoms with E-state index in [1.165, 1.54) is 17.7 Å². The van der Waals surface area contributed by atoms with Crippen molar-refractivity contribution in [2.75, 3.05) is 25.1 Å². The zero-order valence-electron chi connectivity index (χ0n) is 12.6. The zero-order chi connectivity index (χ0) is 14.9. The van der Waals surface area contributed by atoms with Crippen molar-refractivity contribution in [3.05, 3.63) is 22.9 Å². The molecule has 0 amide bonds. The summed E-state index contributed by atoms with van der Waals surface area (Å²) >= 11 is 5.20. The molecule has 1 aliphatic heterocycles. The SMILES string of the molecule is CC1(CNc2nc3c(cc2C(N)=S)CCC3)CCOCC1. The number of fused-ring (bicyclic) bond motifs is 1. The summed E-state index contributed by atoms with van der Waals surface area (Å²) in [4.78, 5) is 5.21.